The topological polar surface area (TPSA) is 84.5 Å². The Bertz CT molecular complexity index is 504. The van der Waals surface area contributed by atoms with E-state index in [0.717, 1.165) is 0 Å². The van der Waals surface area contributed by atoms with Crippen molar-refractivity contribution in [3.8, 4) is 0 Å². The normalized spacial score (nSPS) is 18.5. The molecule has 1 aliphatic rings. The number of aliphatic hydroxyl groups is 1. The summed E-state index contributed by atoms with van der Waals surface area (Å²) >= 11 is 0. The number of ether oxygens (including phenoxy) is 1. The summed E-state index contributed by atoms with van der Waals surface area (Å²) in [6.07, 6.45) is -3.82. The van der Waals surface area contributed by atoms with E-state index in [2.05, 4.69) is 9.97 Å². The summed E-state index contributed by atoms with van der Waals surface area (Å²) in [4.78, 5) is 8.10. The monoisotopic (exact) mass is 306 g/mol. The predicted octanol–water partition coefficient (Wildman–Crippen LogP) is 1.06. The van der Waals surface area contributed by atoms with E-state index in [4.69, 9.17) is 10.5 Å². The molecule has 1 fully saturated rings. The molecule has 118 valence electrons. The molecule has 0 saturated carbocycles. The largest absolute Gasteiger partial charge is 0.451 e. The molecule has 0 amide bonds. The van der Waals surface area contributed by atoms with E-state index in [1.165, 1.54) is 11.0 Å². The van der Waals surface area contributed by atoms with Gasteiger partial charge in [-0.3, -0.25) is 0 Å². The Morgan fingerprint density at radius 3 is 2.57 bits per heavy atom. The van der Waals surface area contributed by atoms with E-state index in [1.54, 1.807) is 7.05 Å². The molecule has 2 rings (SSSR count). The first kappa shape index (κ1) is 15.8. The highest BCUT2D eigenvalue weighted by molar-refractivity contribution is 5.47. The molecule has 2 heterocycles. The molecule has 0 bridgehead atoms. The summed E-state index contributed by atoms with van der Waals surface area (Å²) in [5.74, 6) is -1.53. The lowest BCUT2D eigenvalue weighted by molar-refractivity contribution is -0.144. The summed E-state index contributed by atoms with van der Waals surface area (Å²) in [6.45, 7) is 0.984. The average Bonchev–Trinajstić information content (AvgIpc) is 2.37. The van der Waals surface area contributed by atoms with E-state index in [1.807, 2.05) is 0 Å². The Morgan fingerprint density at radius 2 is 2.00 bits per heavy atom. The van der Waals surface area contributed by atoms with Crippen molar-refractivity contribution in [3.05, 3.63) is 11.9 Å². The zero-order valence-corrected chi connectivity index (χ0v) is 11.5. The number of nitrogens with zero attached hydrogens (tertiary/aromatic N) is 3. The Kier molecular flexibility index (Phi) is 4.24. The first-order chi connectivity index (χ1) is 9.70. The summed E-state index contributed by atoms with van der Waals surface area (Å²) in [6, 6.07) is 1.25. The van der Waals surface area contributed by atoms with Gasteiger partial charge in [-0.1, -0.05) is 0 Å². The van der Waals surface area contributed by atoms with Crippen molar-refractivity contribution >= 4 is 11.6 Å². The summed E-state index contributed by atoms with van der Waals surface area (Å²) in [5, 5.41) is 10.4. The standard InChI is InChI=1S/C12H17F3N4O2/c1-19(7-11(20)2-4-21-5-3-11)9-6-8(16)17-10(18-9)12(13,14)15/h6,20H,2-5,7H2,1H3,(H2,16,17,18). The van der Waals surface area contributed by atoms with Crippen LogP contribution in [0.15, 0.2) is 6.07 Å². The number of nitrogens with two attached hydrogens (primary N) is 1. The van der Waals surface area contributed by atoms with E-state index >= 15 is 0 Å². The van der Waals surface area contributed by atoms with Gasteiger partial charge in [0, 0.05) is 45.7 Å². The number of alkyl halides is 3. The van der Waals surface area contributed by atoms with Crippen LogP contribution in [0, 0.1) is 0 Å². The van der Waals surface area contributed by atoms with Crippen LogP contribution in [0.25, 0.3) is 0 Å². The van der Waals surface area contributed by atoms with E-state index in [9.17, 15) is 18.3 Å². The van der Waals surface area contributed by atoms with Crippen molar-refractivity contribution < 1.29 is 23.0 Å². The van der Waals surface area contributed by atoms with Crippen LogP contribution in [0.4, 0.5) is 24.8 Å². The summed E-state index contributed by atoms with van der Waals surface area (Å²) < 4.78 is 43.2. The maximum atomic E-state index is 12.7. The van der Waals surface area contributed by atoms with E-state index in [0.29, 0.717) is 26.1 Å². The lowest BCUT2D eigenvalue weighted by Crippen LogP contribution is -2.46. The smallest absolute Gasteiger partial charge is 0.388 e. The second kappa shape index (κ2) is 5.64. The minimum atomic E-state index is -4.67. The third kappa shape index (κ3) is 3.94. The second-order valence-electron chi connectivity index (χ2n) is 5.17. The third-order valence-corrected chi connectivity index (χ3v) is 3.33. The first-order valence-electron chi connectivity index (χ1n) is 6.43. The molecule has 1 aromatic heterocycles. The van der Waals surface area contributed by atoms with Crippen LogP contribution in [-0.4, -0.2) is 47.5 Å². The van der Waals surface area contributed by atoms with Crippen molar-refractivity contribution in [2.24, 2.45) is 0 Å². The van der Waals surface area contributed by atoms with Crippen LogP contribution < -0.4 is 10.6 Å². The summed E-state index contributed by atoms with van der Waals surface area (Å²) in [5.41, 5.74) is 4.39. The fourth-order valence-corrected chi connectivity index (χ4v) is 2.21. The van der Waals surface area contributed by atoms with Crippen LogP contribution in [-0.2, 0) is 10.9 Å². The number of aromatic nitrogens is 2. The molecule has 1 aromatic rings. The molecule has 0 radical (unpaired) electrons. The zero-order chi connectivity index (χ0) is 15.7. The molecule has 0 unspecified atom stereocenters. The molecule has 0 aliphatic carbocycles. The number of likely N-dealkylation sites (N-methyl/N-ethyl adjacent to an activating group) is 1. The molecular formula is C12H17F3N4O2. The van der Waals surface area contributed by atoms with Gasteiger partial charge in [0.15, 0.2) is 0 Å². The third-order valence-electron chi connectivity index (χ3n) is 3.33. The van der Waals surface area contributed by atoms with E-state index < -0.39 is 17.6 Å². The Morgan fingerprint density at radius 1 is 1.38 bits per heavy atom. The fraction of sp³-hybridized carbons (Fsp3) is 0.667. The van der Waals surface area contributed by atoms with Gasteiger partial charge < -0.3 is 20.5 Å². The Labute approximate surface area is 119 Å². The number of hydrogen-bond donors (Lipinski definition) is 2. The van der Waals surface area contributed by atoms with Gasteiger partial charge in [-0.2, -0.15) is 13.2 Å². The molecule has 1 saturated heterocycles. The SMILES string of the molecule is CN(CC1(O)CCOCC1)c1cc(N)nc(C(F)(F)F)n1. The number of halogens is 3. The van der Waals surface area contributed by atoms with Crippen LogP contribution in [0.2, 0.25) is 0 Å². The van der Waals surface area contributed by atoms with Crippen molar-refractivity contribution in [2.45, 2.75) is 24.6 Å². The Balaban J connectivity index is 2.19. The molecule has 0 aromatic carbocycles. The number of anilines is 2. The van der Waals surface area contributed by atoms with Gasteiger partial charge in [-0.15, -0.1) is 0 Å². The average molecular weight is 306 g/mol. The van der Waals surface area contributed by atoms with Crippen molar-refractivity contribution in [3.63, 3.8) is 0 Å². The second-order valence-corrected chi connectivity index (χ2v) is 5.17. The number of nitrogen functional groups attached to an aromatic ring is 1. The minimum absolute atomic E-state index is 0.0229. The van der Waals surface area contributed by atoms with Gasteiger partial charge in [0.25, 0.3) is 0 Å². The molecule has 9 heteroatoms. The quantitative estimate of drug-likeness (QED) is 0.868. The highest BCUT2D eigenvalue weighted by atomic mass is 19.4. The molecule has 0 atom stereocenters. The van der Waals surface area contributed by atoms with Gasteiger partial charge in [-0.25, -0.2) is 9.97 Å². The van der Waals surface area contributed by atoms with E-state index in [-0.39, 0.29) is 18.2 Å². The van der Waals surface area contributed by atoms with Crippen LogP contribution in [0.5, 0.6) is 0 Å². The highest BCUT2D eigenvalue weighted by Gasteiger charge is 2.36. The maximum Gasteiger partial charge on any atom is 0.451 e. The van der Waals surface area contributed by atoms with Crippen molar-refractivity contribution in [1.82, 2.24) is 9.97 Å². The molecule has 1 aliphatic heterocycles. The molecule has 3 N–H and O–H groups in total. The lowest BCUT2D eigenvalue weighted by Gasteiger charge is -2.35. The number of hydrogen-bond acceptors (Lipinski definition) is 6. The molecule has 0 spiro atoms. The van der Waals surface area contributed by atoms with Crippen LogP contribution >= 0.6 is 0 Å². The van der Waals surface area contributed by atoms with Gasteiger partial charge in [-0.05, 0) is 0 Å². The van der Waals surface area contributed by atoms with Crippen LogP contribution in [0.1, 0.15) is 18.7 Å². The zero-order valence-electron chi connectivity index (χ0n) is 11.5. The Hall–Kier alpha value is -1.61. The minimum Gasteiger partial charge on any atom is -0.388 e. The van der Waals surface area contributed by atoms with Gasteiger partial charge in [0.05, 0.1) is 5.60 Å². The van der Waals surface area contributed by atoms with Gasteiger partial charge >= 0.3 is 6.18 Å². The highest BCUT2D eigenvalue weighted by Crippen LogP contribution is 2.29. The fourth-order valence-electron chi connectivity index (χ4n) is 2.21. The van der Waals surface area contributed by atoms with Crippen molar-refractivity contribution in [2.75, 3.05) is 37.4 Å². The maximum absolute atomic E-state index is 12.7. The van der Waals surface area contributed by atoms with Gasteiger partial charge in [0.1, 0.15) is 11.6 Å². The lowest BCUT2D eigenvalue weighted by atomic mass is 9.94. The molecule has 21 heavy (non-hydrogen) atoms. The first-order valence-corrected chi connectivity index (χ1v) is 6.43. The number of rotatable bonds is 3. The predicted molar refractivity (Wildman–Crippen MR) is 69.7 cm³/mol. The summed E-state index contributed by atoms with van der Waals surface area (Å²) in [7, 11) is 1.55. The van der Waals surface area contributed by atoms with Crippen molar-refractivity contribution in [1.29, 1.82) is 0 Å². The molecular weight excluding hydrogens is 289 g/mol. The van der Waals surface area contributed by atoms with Gasteiger partial charge in [0.2, 0.25) is 5.82 Å². The molecule has 6 nitrogen and oxygen atoms in total. The van der Waals surface area contributed by atoms with Crippen LogP contribution in [0.3, 0.4) is 0 Å².